The molecule has 0 saturated heterocycles. The molecule has 0 bridgehead atoms. The molecule has 11 heteroatoms. The van der Waals surface area contributed by atoms with Gasteiger partial charge in [-0.1, -0.05) is 0 Å². The average molecular weight is 383 g/mol. The second-order valence-electron chi connectivity index (χ2n) is 6.14. The Balaban J connectivity index is 1.83. The van der Waals surface area contributed by atoms with Crippen molar-refractivity contribution in [3.63, 3.8) is 0 Å². The minimum absolute atomic E-state index is 0.0890. The molecule has 8 nitrogen and oxygen atoms in total. The Kier molecular flexibility index (Phi) is 5.13. The monoisotopic (exact) mass is 383 g/mol. The number of hydrogen-bond acceptors (Lipinski definition) is 6. The van der Waals surface area contributed by atoms with Gasteiger partial charge in [-0.05, 0) is 18.6 Å². The standard InChI is InChI=1S/C16H16F3N5O3/c17-10-2-1-8(23-14(26)11-4-22-13(25)5-21-11)3-9(10)16(15(18)19)7-27-6-12(20)24-16/h1-2,4-5,9,15H,3,6-7H2,(H2,20,24)(H,22,25)(H,23,26)/t9?,16-/m0/s1. The van der Waals surface area contributed by atoms with Crippen molar-refractivity contribution in [2.24, 2.45) is 16.6 Å². The first-order valence-corrected chi connectivity index (χ1v) is 7.94. The van der Waals surface area contributed by atoms with Gasteiger partial charge in [0.2, 0.25) is 0 Å². The van der Waals surface area contributed by atoms with Crippen LogP contribution in [0, 0.1) is 5.92 Å². The number of aromatic amines is 1. The van der Waals surface area contributed by atoms with Crippen LogP contribution in [0.3, 0.4) is 0 Å². The Morgan fingerprint density at radius 3 is 2.85 bits per heavy atom. The molecule has 0 aromatic carbocycles. The van der Waals surface area contributed by atoms with Crippen LogP contribution >= 0.6 is 0 Å². The van der Waals surface area contributed by atoms with Gasteiger partial charge in [-0.25, -0.2) is 18.2 Å². The van der Waals surface area contributed by atoms with E-state index >= 15 is 0 Å². The molecule has 2 aliphatic rings. The van der Waals surface area contributed by atoms with Crippen LogP contribution in [-0.2, 0) is 4.74 Å². The molecule has 1 unspecified atom stereocenters. The summed E-state index contributed by atoms with van der Waals surface area (Å²) in [7, 11) is 0. The number of carbonyl (C=O) groups is 1. The van der Waals surface area contributed by atoms with E-state index in [0.717, 1.165) is 18.5 Å². The predicted octanol–water partition coefficient (Wildman–Crippen LogP) is 0.648. The molecule has 0 fully saturated rings. The normalized spacial score (nSPS) is 25.5. The van der Waals surface area contributed by atoms with E-state index < -0.39 is 41.8 Å². The summed E-state index contributed by atoms with van der Waals surface area (Å²) in [4.78, 5) is 33.0. The van der Waals surface area contributed by atoms with Crippen LogP contribution in [0.2, 0.25) is 0 Å². The van der Waals surface area contributed by atoms with Gasteiger partial charge in [-0.3, -0.25) is 14.6 Å². The largest absolute Gasteiger partial charge is 0.386 e. The highest BCUT2D eigenvalue weighted by atomic mass is 19.3. The number of nitrogens with one attached hydrogen (secondary N) is 2. The number of nitrogens with two attached hydrogens (primary N) is 1. The molecule has 0 spiro atoms. The lowest BCUT2D eigenvalue weighted by atomic mass is 9.78. The molecule has 0 saturated carbocycles. The van der Waals surface area contributed by atoms with E-state index in [-0.39, 0.29) is 30.3 Å². The molecule has 1 amide bonds. The predicted molar refractivity (Wildman–Crippen MR) is 88.9 cm³/mol. The van der Waals surface area contributed by atoms with Crippen molar-refractivity contribution in [3.8, 4) is 0 Å². The molecule has 3 rings (SSSR count). The third-order valence-corrected chi connectivity index (χ3v) is 4.30. The molecule has 144 valence electrons. The second kappa shape index (κ2) is 7.35. The Morgan fingerprint density at radius 2 is 2.22 bits per heavy atom. The van der Waals surface area contributed by atoms with Gasteiger partial charge in [-0.15, -0.1) is 0 Å². The maximum absolute atomic E-state index is 14.4. The molecular weight excluding hydrogens is 367 g/mol. The first-order chi connectivity index (χ1) is 12.8. The number of hydrogen-bond donors (Lipinski definition) is 3. The van der Waals surface area contributed by atoms with Crippen molar-refractivity contribution in [1.29, 1.82) is 0 Å². The summed E-state index contributed by atoms with van der Waals surface area (Å²) in [6.07, 6.45) is 1.02. The lowest BCUT2D eigenvalue weighted by molar-refractivity contribution is -0.0376. The Morgan fingerprint density at radius 1 is 1.44 bits per heavy atom. The van der Waals surface area contributed by atoms with Crippen LogP contribution in [-0.4, -0.2) is 46.9 Å². The number of allylic oxidation sites excluding steroid dienone is 3. The number of rotatable bonds is 4. The van der Waals surface area contributed by atoms with Gasteiger partial charge in [0.25, 0.3) is 17.9 Å². The number of aromatic nitrogens is 2. The van der Waals surface area contributed by atoms with Crippen molar-refractivity contribution in [2.45, 2.75) is 18.4 Å². The van der Waals surface area contributed by atoms with Gasteiger partial charge < -0.3 is 20.8 Å². The summed E-state index contributed by atoms with van der Waals surface area (Å²) in [5.41, 5.74) is 2.97. The highest BCUT2D eigenvalue weighted by Gasteiger charge is 2.51. The number of halogens is 3. The number of amides is 1. The van der Waals surface area contributed by atoms with Crippen LogP contribution in [0.1, 0.15) is 16.9 Å². The SMILES string of the molecule is NC1=N[C@](C(F)F)(C2CC(NC(=O)c3c[nH]c(=O)cn3)=CC=C2F)COC1. The number of aliphatic imine (C=N–C) groups is 1. The molecule has 4 N–H and O–H groups in total. The first kappa shape index (κ1) is 18.8. The summed E-state index contributed by atoms with van der Waals surface area (Å²) in [5, 5.41) is 2.47. The quantitative estimate of drug-likeness (QED) is 0.705. The Hall–Kier alpha value is -2.95. The van der Waals surface area contributed by atoms with E-state index in [4.69, 9.17) is 10.5 Å². The molecule has 2 atom stereocenters. The van der Waals surface area contributed by atoms with E-state index in [0.29, 0.717) is 0 Å². The third-order valence-electron chi connectivity index (χ3n) is 4.30. The van der Waals surface area contributed by atoms with Crippen LogP contribution in [0.5, 0.6) is 0 Å². The zero-order valence-electron chi connectivity index (χ0n) is 13.9. The Labute approximate surface area is 151 Å². The zero-order valence-corrected chi connectivity index (χ0v) is 13.9. The van der Waals surface area contributed by atoms with Crippen molar-refractivity contribution in [3.05, 3.63) is 52.1 Å². The maximum atomic E-state index is 14.4. The Bertz CT molecular complexity index is 875. The van der Waals surface area contributed by atoms with E-state index in [1.807, 2.05) is 0 Å². The number of alkyl halides is 2. The van der Waals surface area contributed by atoms with Gasteiger partial charge in [0.05, 0.1) is 12.8 Å². The topological polar surface area (TPSA) is 122 Å². The molecule has 2 heterocycles. The lowest BCUT2D eigenvalue weighted by Gasteiger charge is -2.39. The maximum Gasteiger partial charge on any atom is 0.275 e. The fraction of sp³-hybridized carbons (Fsp3) is 0.375. The molecular formula is C16H16F3N5O3. The third kappa shape index (κ3) is 3.77. The number of nitrogens with zero attached hydrogens (tertiary/aromatic N) is 2. The highest BCUT2D eigenvalue weighted by molar-refractivity contribution is 5.93. The molecule has 27 heavy (non-hydrogen) atoms. The number of H-pyrrole nitrogens is 1. The van der Waals surface area contributed by atoms with Gasteiger partial charge in [0.15, 0.2) is 5.54 Å². The summed E-state index contributed by atoms with van der Waals surface area (Å²) in [6, 6.07) is 0. The average Bonchev–Trinajstić information content (AvgIpc) is 2.63. The van der Waals surface area contributed by atoms with Crippen molar-refractivity contribution in [1.82, 2.24) is 15.3 Å². The molecule has 1 aromatic heterocycles. The molecule has 1 aromatic rings. The van der Waals surface area contributed by atoms with E-state index in [1.165, 1.54) is 6.08 Å². The van der Waals surface area contributed by atoms with Gasteiger partial charge in [0.1, 0.15) is 24.0 Å². The smallest absolute Gasteiger partial charge is 0.275 e. The number of ether oxygens (including phenoxy) is 1. The molecule has 1 aliphatic heterocycles. The summed E-state index contributed by atoms with van der Waals surface area (Å²) in [5.74, 6) is -2.99. The number of amidine groups is 1. The van der Waals surface area contributed by atoms with Crippen LogP contribution < -0.4 is 16.6 Å². The second-order valence-corrected chi connectivity index (χ2v) is 6.14. The fourth-order valence-corrected chi connectivity index (χ4v) is 2.96. The first-order valence-electron chi connectivity index (χ1n) is 7.94. The van der Waals surface area contributed by atoms with Crippen molar-refractivity contribution < 1.29 is 22.7 Å². The highest BCUT2D eigenvalue weighted by Crippen LogP contribution is 2.41. The van der Waals surface area contributed by atoms with E-state index in [1.54, 1.807) is 0 Å². The van der Waals surface area contributed by atoms with Crippen LogP contribution in [0.4, 0.5) is 13.2 Å². The molecule has 1 aliphatic carbocycles. The van der Waals surface area contributed by atoms with Gasteiger partial charge >= 0.3 is 0 Å². The minimum atomic E-state index is -3.03. The van der Waals surface area contributed by atoms with Crippen LogP contribution in [0.15, 0.2) is 45.9 Å². The van der Waals surface area contributed by atoms with Crippen molar-refractivity contribution in [2.75, 3.05) is 13.2 Å². The van der Waals surface area contributed by atoms with Crippen molar-refractivity contribution >= 4 is 11.7 Å². The fourth-order valence-electron chi connectivity index (χ4n) is 2.96. The summed E-state index contributed by atoms with van der Waals surface area (Å²) >= 11 is 0. The summed E-state index contributed by atoms with van der Waals surface area (Å²) in [6.45, 7) is -0.607. The molecule has 0 radical (unpaired) electrons. The summed E-state index contributed by atoms with van der Waals surface area (Å²) < 4.78 is 47.1. The van der Waals surface area contributed by atoms with E-state index in [2.05, 4.69) is 20.3 Å². The van der Waals surface area contributed by atoms with Crippen LogP contribution in [0.25, 0.3) is 0 Å². The number of carbonyl (C=O) groups excluding carboxylic acids is 1. The van der Waals surface area contributed by atoms with E-state index in [9.17, 15) is 22.8 Å². The van der Waals surface area contributed by atoms with Gasteiger partial charge in [-0.2, -0.15) is 0 Å². The van der Waals surface area contributed by atoms with Gasteiger partial charge in [0, 0.05) is 17.8 Å². The lowest BCUT2D eigenvalue weighted by Crippen LogP contribution is -2.53. The minimum Gasteiger partial charge on any atom is -0.386 e. The zero-order chi connectivity index (χ0) is 19.6.